The summed E-state index contributed by atoms with van der Waals surface area (Å²) in [5.74, 6) is -0.420. The molecule has 3 rings (SSSR count). The number of amides is 1. The molecule has 3 fully saturated rings. The fourth-order valence-electron chi connectivity index (χ4n) is 3.46. The largest absolute Gasteiger partial charge is 0.365 e. The molecule has 1 spiro atoms. The maximum atomic E-state index is 12.6. The minimum Gasteiger partial charge on any atom is -0.365 e. The molecule has 1 amide bonds. The number of nitrogens with zero attached hydrogens (tertiary/aromatic N) is 1. The first-order chi connectivity index (χ1) is 9.72. The van der Waals surface area contributed by atoms with Crippen LogP contribution in [0, 0.1) is 0 Å². The van der Waals surface area contributed by atoms with E-state index in [0.717, 1.165) is 25.7 Å². The van der Waals surface area contributed by atoms with Crippen molar-refractivity contribution >= 4 is 5.91 Å². The number of hydrogen-bond acceptors (Lipinski definition) is 4. The summed E-state index contributed by atoms with van der Waals surface area (Å²) in [6, 6.07) is 0. The molecule has 1 atom stereocenters. The molecule has 2 heterocycles. The van der Waals surface area contributed by atoms with Crippen LogP contribution < -0.4 is 0 Å². The maximum Gasteiger partial charge on any atom is 0.251 e. The minimum absolute atomic E-state index is 0.107. The zero-order chi connectivity index (χ0) is 14.0. The fraction of sp³-hybridized carbons (Fsp3) is 0.933. The molecule has 5 heteroatoms. The normalized spacial score (nSPS) is 27.6. The Labute approximate surface area is 120 Å². The van der Waals surface area contributed by atoms with Crippen LogP contribution in [0.15, 0.2) is 0 Å². The Balaban J connectivity index is 1.56. The molecular weight excluding hydrogens is 258 g/mol. The summed E-state index contributed by atoms with van der Waals surface area (Å²) < 4.78 is 17.4. The standard InChI is InChI=1S/C15H25NO4/c1-2-13(20-12-5-3-4-6-12)14(17)16-8-7-15(11-16)18-9-10-19-15/h12-13H,2-11H2,1H3. The Bertz CT molecular complexity index is 344. The molecule has 0 bridgehead atoms. The van der Waals surface area contributed by atoms with Crippen LogP contribution in [-0.4, -0.2) is 55.1 Å². The van der Waals surface area contributed by atoms with E-state index >= 15 is 0 Å². The number of carbonyl (C=O) groups excluding carboxylic acids is 1. The summed E-state index contributed by atoms with van der Waals surface area (Å²) >= 11 is 0. The fourth-order valence-corrected chi connectivity index (χ4v) is 3.46. The van der Waals surface area contributed by atoms with E-state index in [1.54, 1.807) is 0 Å². The molecule has 2 aliphatic heterocycles. The molecule has 0 aromatic heterocycles. The molecule has 0 radical (unpaired) electrons. The van der Waals surface area contributed by atoms with E-state index in [2.05, 4.69) is 0 Å². The van der Waals surface area contributed by atoms with Crippen LogP contribution in [0.25, 0.3) is 0 Å². The maximum absolute atomic E-state index is 12.6. The second kappa shape index (κ2) is 6.00. The topological polar surface area (TPSA) is 48.0 Å². The highest BCUT2D eigenvalue weighted by atomic mass is 16.7. The molecule has 1 unspecified atom stereocenters. The number of ether oxygens (including phenoxy) is 3. The Hall–Kier alpha value is -0.650. The van der Waals surface area contributed by atoms with Crippen molar-refractivity contribution in [2.75, 3.05) is 26.3 Å². The third-order valence-electron chi connectivity index (χ3n) is 4.62. The van der Waals surface area contributed by atoms with Crippen LogP contribution in [-0.2, 0) is 19.0 Å². The van der Waals surface area contributed by atoms with Gasteiger partial charge < -0.3 is 19.1 Å². The lowest BCUT2D eigenvalue weighted by Crippen LogP contribution is -2.43. The lowest BCUT2D eigenvalue weighted by molar-refractivity contribution is -0.160. The minimum atomic E-state index is -0.526. The average molecular weight is 283 g/mol. The molecule has 0 aromatic carbocycles. The van der Waals surface area contributed by atoms with Gasteiger partial charge in [-0.15, -0.1) is 0 Å². The molecule has 3 aliphatic rings. The molecule has 2 saturated heterocycles. The van der Waals surface area contributed by atoms with Crippen molar-refractivity contribution in [2.24, 2.45) is 0 Å². The van der Waals surface area contributed by atoms with Crippen molar-refractivity contribution in [3.63, 3.8) is 0 Å². The monoisotopic (exact) mass is 283 g/mol. The highest BCUT2D eigenvalue weighted by Gasteiger charge is 2.46. The first kappa shape index (κ1) is 14.3. The SMILES string of the molecule is CCC(OC1CCCC1)C(=O)N1CCC2(C1)OCCO2. The van der Waals surface area contributed by atoms with Gasteiger partial charge in [0, 0.05) is 13.0 Å². The molecule has 114 valence electrons. The van der Waals surface area contributed by atoms with Gasteiger partial charge in [0.1, 0.15) is 6.10 Å². The van der Waals surface area contributed by atoms with Crippen LogP contribution in [0.5, 0.6) is 0 Å². The van der Waals surface area contributed by atoms with Crippen LogP contribution in [0.3, 0.4) is 0 Å². The van der Waals surface area contributed by atoms with Crippen LogP contribution in [0.4, 0.5) is 0 Å². The van der Waals surface area contributed by atoms with E-state index in [1.165, 1.54) is 12.8 Å². The predicted octanol–water partition coefficient (Wildman–Crippen LogP) is 1.70. The van der Waals surface area contributed by atoms with Gasteiger partial charge in [0.25, 0.3) is 5.91 Å². The van der Waals surface area contributed by atoms with E-state index < -0.39 is 5.79 Å². The van der Waals surface area contributed by atoms with Crippen LogP contribution >= 0.6 is 0 Å². The highest BCUT2D eigenvalue weighted by Crippen LogP contribution is 2.31. The van der Waals surface area contributed by atoms with Crippen LogP contribution in [0.2, 0.25) is 0 Å². The van der Waals surface area contributed by atoms with E-state index in [9.17, 15) is 4.79 Å². The molecule has 1 saturated carbocycles. The van der Waals surface area contributed by atoms with Crippen molar-refractivity contribution in [2.45, 2.75) is 63.4 Å². The first-order valence-electron chi connectivity index (χ1n) is 7.94. The summed E-state index contributed by atoms with van der Waals surface area (Å²) in [5.41, 5.74) is 0. The summed E-state index contributed by atoms with van der Waals surface area (Å²) in [5, 5.41) is 0. The van der Waals surface area contributed by atoms with Crippen molar-refractivity contribution < 1.29 is 19.0 Å². The average Bonchev–Trinajstić information content (AvgIpc) is 3.19. The van der Waals surface area contributed by atoms with Crippen molar-refractivity contribution in [1.29, 1.82) is 0 Å². The molecule has 0 N–H and O–H groups in total. The number of carbonyl (C=O) groups is 1. The molecular formula is C15H25NO4. The van der Waals surface area contributed by atoms with Crippen molar-refractivity contribution in [3.8, 4) is 0 Å². The smallest absolute Gasteiger partial charge is 0.251 e. The second-order valence-corrected chi connectivity index (χ2v) is 6.06. The van der Waals surface area contributed by atoms with Gasteiger partial charge in [-0.25, -0.2) is 0 Å². The quantitative estimate of drug-likeness (QED) is 0.788. The summed E-state index contributed by atoms with van der Waals surface area (Å²) in [7, 11) is 0. The zero-order valence-electron chi connectivity index (χ0n) is 12.3. The van der Waals surface area contributed by atoms with Crippen LogP contribution in [0.1, 0.15) is 45.4 Å². The summed E-state index contributed by atoms with van der Waals surface area (Å²) in [6.07, 6.45) is 6.14. The van der Waals surface area contributed by atoms with Gasteiger partial charge in [-0.1, -0.05) is 19.8 Å². The number of hydrogen-bond donors (Lipinski definition) is 0. The first-order valence-corrected chi connectivity index (χ1v) is 7.94. The third-order valence-corrected chi connectivity index (χ3v) is 4.62. The zero-order valence-corrected chi connectivity index (χ0v) is 12.3. The summed E-state index contributed by atoms with van der Waals surface area (Å²) in [4.78, 5) is 14.4. The highest BCUT2D eigenvalue weighted by molar-refractivity contribution is 5.81. The van der Waals surface area contributed by atoms with Gasteiger partial charge in [-0.3, -0.25) is 4.79 Å². The number of rotatable bonds is 4. The third kappa shape index (κ3) is 2.85. The van der Waals surface area contributed by atoms with Gasteiger partial charge >= 0.3 is 0 Å². The summed E-state index contributed by atoms with van der Waals surface area (Å²) in [6.45, 7) is 4.56. The van der Waals surface area contributed by atoms with Gasteiger partial charge in [0.15, 0.2) is 5.79 Å². The molecule has 5 nitrogen and oxygen atoms in total. The predicted molar refractivity (Wildman–Crippen MR) is 73.3 cm³/mol. The molecule has 1 aliphatic carbocycles. The van der Waals surface area contributed by atoms with Crippen molar-refractivity contribution in [3.05, 3.63) is 0 Å². The Morgan fingerprint density at radius 2 is 2.05 bits per heavy atom. The van der Waals surface area contributed by atoms with Gasteiger partial charge in [0.2, 0.25) is 0 Å². The van der Waals surface area contributed by atoms with Gasteiger partial charge in [-0.05, 0) is 19.3 Å². The molecule has 20 heavy (non-hydrogen) atoms. The molecule has 0 aromatic rings. The van der Waals surface area contributed by atoms with E-state index in [1.807, 2.05) is 11.8 Å². The Morgan fingerprint density at radius 3 is 2.70 bits per heavy atom. The lowest BCUT2D eigenvalue weighted by atomic mass is 10.2. The second-order valence-electron chi connectivity index (χ2n) is 6.06. The number of likely N-dealkylation sites (tertiary alicyclic amines) is 1. The lowest BCUT2D eigenvalue weighted by Gasteiger charge is -2.26. The van der Waals surface area contributed by atoms with Crippen molar-refractivity contribution in [1.82, 2.24) is 4.90 Å². The Morgan fingerprint density at radius 1 is 1.35 bits per heavy atom. The van der Waals surface area contributed by atoms with E-state index in [0.29, 0.717) is 26.3 Å². The van der Waals surface area contributed by atoms with Gasteiger partial charge in [-0.2, -0.15) is 0 Å². The van der Waals surface area contributed by atoms with Gasteiger partial charge in [0.05, 0.1) is 25.9 Å². The van der Waals surface area contributed by atoms with E-state index in [4.69, 9.17) is 14.2 Å². The van der Waals surface area contributed by atoms with E-state index in [-0.39, 0.29) is 18.1 Å². The Kier molecular flexibility index (Phi) is 4.29.